The molecule has 0 bridgehead atoms. The largest absolute Gasteiger partial charge is 0.444 e. The molecular weight excluding hydrogens is 448 g/mol. The molecule has 1 aromatic carbocycles. The van der Waals surface area contributed by atoms with E-state index in [1.807, 2.05) is 32.9 Å². The van der Waals surface area contributed by atoms with Crippen LogP contribution >= 0.6 is 11.6 Å². The van der Waals surface area contributed by atoms with Crippen molar-refractivity contribution in [1.29, 1.82) is 0 Å². The number of piperidine rings is 2. The number of amides is 3. The summed E-state index contributed by atoms with van der Waals surface area (Å²) in [6.07, 6.45) is 1.60. The zero-order valence-electron chi connectivity index (χ0n) is 19.3. The van der Waals surface area contributed by atoms with Crippen LogP contribution in [0.25, 0.3) is 11.0 Å². The molecule has 1 N–H and O–H groups in total. The Bertz CT molecular complexity index is 1180. The van der Waals surface area contributed by atoms with E-state index in [2.05, 4.69) is 5.32 Å². The van der Waals surface area contributed by atoms with Crippen LogP contribution in [0.15, 0.2) is 16.9 Å². The highest BCUT2D eigenvalue weighted by atomic mass is 35.5. The van der Waals surface area contributed by atoms with E-state index in [4.69, 9.17) is 16.3 Å². The van der Waals surface area contributed by atoms with Crippen LogP contribution in [0.1, 0.15) is 64.0 Å². The number of imidazole rings is 1. The number of aryl methyl sites for hydroxylation is 1. The van der Waals surface area contributed by atoms with E-state index in [1.54, 1.807) is 11.9 Å². The number of hydrogen-bond donors (Lipinski definition) is 1. The molecular formula is C23H29ClN4O5. The molecule has 0 saturated carbocycles. The molecule has 1 unspecified atom stereocenters. The molecule has 0 spiro atoms. The first-order chi connectivity index (χ1) is 15.5. The third-order valence-electron chi connectivity index (χ3n) is 6.32. The molecule has 3 amide bonds. The van der Waals surface area contributed by atoms with E-state index in [-0.39, 0.29) is 36.4 Å². The average Bonchev–Trinajstić information content (AvgIpc) is 2.98. The molecule has 2 aliphatic rings. The minimum atomic E-state index is -0.752. The Morgan fingerprint density at radius 3 is 2.39 bits per heavy atom. The highest BCUT2D eigenvalue weighted by Gasteiger charge is 2.33. The van der Waals surface area contributed by atoms with Gasteiger partial charge in [-0.3, -0.25) is 24.0 Å². The molecule has 2 aliphatic heterocycles. The molecule has 33 heavy (non-hydrogen) atoms. The highest BCUT2D eigenvalue weighted by Crippen LogP contribution is 2.37. The lowest BCUT2D eigenvalue weighted by Gasteiger charge is -2.34. The summed E-state index contributed by atoms with van der Waals surface area (Å²) in [5.74, 6) is -0.673. The zero-order valence-corrected chi connectivity index (χ0v) is 20.1. The summed E-state index contributed by atoms with van der Waals surface area (Å²) >= 11 is 6.82. The van der Waals surface area contributed by atoms with E-state index in [0.717, 1.165) is 18.4 Å². The second-order valence-corrected chi connectivity index (χ2v) is 10.1. The van der Waals surface area contributed by atoms with Gasteiger partial charge in [0.2, 0.25) is 11.8 Å². The van der Waals surface area contributed by atoms with Crippen molar-refractivity contribution >= 4 is 40.5 Å². The van der Waals surface area contributed by atoms with E-state index >= 15 is 0 Å². The fourth-order valence-corrected chi connectivity index (χ4v) is 5.13. The Balaban J connectivity index is 1.60. The van der Waals surface area contributed by atoms with Crippen LogP contribution in [0.5, 0.6) is 0 Å². The number of carbonyl (C=O) groups excluding carboxylic acids is 3. The Labute approximate surface area is 196 Å². The third kappa shape index (κ3) is 4.38. The molecule has 178 valence electrons. The van der Waals surface area contributed by atoms with Crippen LogP contribution in [-0.4, -0.2) is 50.6 Å². The van der Waals surface area contributed by atoms with Gasteiger partial charge in [0.05, 0.1) is 16.1 Å². The molecule has 2 aromatic rings. The maximum absolute atomic E-state index is 13.0. The van der Waals surface area contributed by atoms with E-state index in [1.165, 1.54) is 9.13 Å². The van der Waals surface area contributed by atoms with E-state index in [0.29, 0.717) is 29.1 Å². The number of ether oxygens (including phenoxy) is 1. The fraction of sp³-hybridized carbons (Fsp3) is 0.565. The number of fused-ring (bicyclic) bond motifs is 1. The van der Waals surface area contributed by atoms with Crippen LogP contribution in [0.3, 0.4) is 0 Å². The molecule has 3 heterocycles. The van der Waals surface area contributed by atoms with Crippen LogP contribution < -0.4 is 11.0 Å². The van der Waals surface area contributed by atoms with Gasteiger partial charge in [-0.2, -0.15) is 0 Å². The lowest BCUT2D eigenvalue weighted by Crippen LogP contribution is -2.44. The first kappa shape index (κ1) is 23.4. The minimum absolute atomic E-state index is 0.134. The third-order valence-corrected chi connectivity index (χ3v) is 6.72. The number of carbonyl (C=O) groups is 3. The Hall–Kier alpha value is -2.81. The van der Waals surface area contributed by atoms with Gasteiger partial charge in [-0.15, -0.1) is 0 Å². The normalized spacial score (nSPS) is 20.3. The molecule has 0 aliphatic carbocycles. The Kier molecular flexibility index (Phi) is 6.03. The van der Waals surface area contributed by atoms with Crippen molar-refractivity contribution in [2.24, 2.45) is 7.05 Å². The van der Waals surface area contributed by atoms with Crippen molar-refractivity contribution < 1.29 is 19.1 Å². The Morgan fingerprint density at radius 2 is 1.79 bits per heavy atom. The first-order valence-corrected chi connectivity index (χ1v) is 11.6. The van der Waals surface area contributed by atoms with E-state index < -0.39 is 17.6 Å². The summed E-state index contributed by atoms with van der Waals surface area (Å²) in [7, 11) is 1.63. The molecule has 1 aromatic heterocycles. The van der Waals surface area contributed by atoms with Gasteiger partial charge in [-0.05, 0) is 57.6 Å². The molecule has 4 rings (SSSR count). The molecule has 9 nitrogen and oxygen atoms in total. The molecule has 10 heteroatoms. The van der Waals surface area contributed by atoms with Crippen molar-refractivity contribution in [2.75, 3.05) is 13.1 Å². The second-order valence-electron chi connectivity index (χ2n) is 9.76. The lowest BCUT2D eigenvalue weighted by atomic mass is 9.89. The quantitative estimate of drug-likeness (QED) is 0.671. The van der Waals surface area contributed by atoms with Crippen LogP contribution in [-0.2, 0) is 21.4 Å². The summed E-state index contributed by atoms with van der Waals surface area (Å²) < 4.78 is 8.36. The van der Waals surface area contributed by atoms with Crippen molar-refractivity contribution in [1.82, 2.24) is 19.4 Å². The van der Waals surface area contributed by atoms with Gasteiger partial charge < -0.3 is 9.64 Å². The molecule has 2 fully saturated rings. The number of halogens is 1. The monoisotopic (exact) mass is 476 g/mol. The summed E-state index contributed by atoms with van der Waals surface area (Å²) in [6, 6.07) is 2.97. The molecule has 2 saturated heterocycles. The number of rotatable bonds is 2. The van der Waals surface area contributed by atoms with Gasteiger partial charge in [-0.25, -0.2) is 9.59 Å². The average molecular weight is 477 g/mol. The summed E-state index contributed by atoms with van der Waals surface area (Å²) in [6.45, 7) is 6.65. The number of nitrogens with one attached hydrogen (secondary N) is 1. The van der Waals surface area contributed by atoms with Crippen LogP contribution in [0.2, 0.25) is 5.02 Å². The Morgan fingerprint density at radius 1 is 1.12 bits per heavy atom. The van der Waals surface area contributed by atoms with Gasteiger partial charge in [0.1, 0.15) is 11.6 Å². The molecule has 1 atom stereocenters. The fourth-order valence-electron chi connectivity index (χ4n) is 4.69. The highest BCUT2D eigenvalue weighted by molar-refractivity contribution is 6.36. The number of aromatic nitrogens is 2. The van der Waals surface area contributed by atoms with Gasteiger partial charge >= 0.3 is 11.8 Å². The van der Waals surface area contributed by atoms with Gasteiger partial charge in [0.15, 0.2) is 0 Å². The topological polar surface area (TPSA) is 103 Å². The van der Waals surface area contributed by atoms with Crippen molar-refractivity contribution in [3.63, 3.8) is 0 Å². The maximum atomic E-state index is 13.0. The number of hydrogen-bond acceptors (Lipinski definition) is 5. The smallest absolute Gasteiger partial charge is 0.410 e. The summed E-state index contributed by atoms with van der Waals surface area (Å²) in [5, 5.41) is 2.79. The predicted molar refractivity (Wildman–Crippen MR) is 123 cm³/mol. The van der Waals surface area contributed by atoms with Gasteiger partial charge in [0.25, 0.3) is 0 Å². The molecule has 0 radical (unpaired) electrons. The number of imide groups is 1. The van der Waals surface area contributed by atoms with Crippen molar-refractivity contribution in [3.8, 4) is 0 Å². The predicted octanol–water partition coefficient (Wildman–Crippen LogP) is 3.09. The van der Waals surface area contributed by atoms with Crippen molar-refractivity contribution in [2.45, 2.75) is 64.0 Å². The number of likely N-dealkylation sites (tertiary alicyclic amines) is 1. The van der Waals surface area contributed by atoms with Crippen molar-refractivity contribution in [3.05, 3.63) is 33.2 Å². The SMILES string of the molecule is Cn1c(=O)n(C2CCC(=O)NC2=O)c2ccc(C3CCN(C(=O)OC(C)(C)C)CC3)c(Cl)c21. The second kappa shape index (κ2) is 8.52. The lowest BCUT2D eigenvalue weighted by molar-refractivity contribution is -0.135. The van der Waals surface area contributed by atoms with Crippen LogP contribution in [0.4, 0.5) is 4.79 Å². The standard InChI is InChI=1S/C23H29ClN4O5/c1-23(2,3)33-22(32)27-11-9-13(10-12-27)14-5-6-15-19(18(14)24)26(4)21(31)28(15)16-7-8-17(29)25-20(16)30/h5-6,13,16H,7-12H2,1-4H3,(H,25,29,30). The first-order valence-electron chi connectivity index (χ1n) is 11.2. The van der Waals surface area contributed by atoms with E-state index in [9.17, 15) is 19.2 Å². The maximum Gasteiger partial charge on any atom is 0.410 e. The summed E-state index contributed by atoms with van der Waals surface area (Å²) in [5.41, 5.74) is 1.17. The summed E-state index contributed by atoms with van der Waals surface area (Å²) in [4.78, 5) is 51.0. The zero-order chi connectivity index (χ0) is 24.1. The van der Waals surface area contributed by atoms with Gasteiger partial charge in [-0.1, -0.05) is 17.7 Å². The van der Waals surface area contributed by atoms with Crippen LogP contribution in [0, 0.1) is 0 Å². The minimum Gasteiger partial charge on any atom is -0.444 e. The van der Waals surface area contributed by atoms with Gasteiger partial charge in [0, 0.05) is 26.6 Å². The number of benzene rings is 1. The number of nitrogens with zero attached hydrogens (tertiary/aromatic N) is 3.